The first-order valence-electron chi connectivity index (χ1n) is 5.18. The minimum absolute atomic E-state index is 0.0723. The maximum Gasteiger partial charge on any atom is 0.240 e. The summed E-state index contributed by atoms with van der Waals surface area (Å²) in [6, 6.07) is 9.18. The van der Waals surface area contributed by atoms with Crippen LogP contribution < -0.4 is 4.90 Å². The summed E-state index contributed by atoms with van der Waals surface area (Å²) < 4.78 is 0. The average Bonchev–Trinajstić information content (AvgIpc) is 2.33. The van der Waals surface area contributed by atoms with Crippen molar-refractivity contribution in [3.63, 3.8) is 0 Å². The van der Waals surface area contributed by atoms with Gasteiger partial charge in [-0.25, -0.2) is 0 Å². The van der Waals surface area contributed by atoms with E-state index in [1.165, 1.54) is 0 Å². The van der Waals surface area contributed by atoms with Crippen LogP contribution in [0.4, 0.5) is 5.69 Å². The molecule has 1 fully saturated rings. The van der Waals surface area contributed by atoms with Crippen molar-refractivity contribution < 1.29 is 4.79 Å². The molecule has 1 saturated heterocycles. The number of hydrogen-bond donors (Lipinski definition) is 0. The quantitative estimate of drug-likeness (QED) is 0.741. The Hall–Kier alpha value is -1.34. The molecule has 0 saturated carbocycles. The average molecular weight is 279 g/mol. The van der Waals surface area contributed by atoms with Gasteiger partial charge in [0.05, 0.1) is 16.5 Å². The van der Waals surface area contributed by atoms with Crippen LogP contribution in [-0.4, -0.2) is 17.3 Å². The predicted octanol–water partition coefficient (Wildman–Crippen LogP) is 2.45. The largest absolute Gasteiger partial charge is 0.311 e. The van der Waals surface area contributed by atoms with E-state index in [1.54, 1.807) is 17.0 Å². The fraction of sp³-hybridized carbons (Fsp3) is 0.333. The lowest BCUT2D eigenvalue weighted by atomic mass is 10.1. The zero-order valence-corrected chi connectivity index (χ0v) is 10.3. The van der Waals surface area contributed by atoms with Gasteiger partial charge in [-0.2, -0.15) is 5.26 Å². The van der Waals surface area contributed by atoms with Crippen LogP contribution in [0.3, 0.4) is 0 Å². The summed E-state index contributed by atoms with van der Waals surface area (Å²) in [6.45, 7) is 0.757. The molecule has 1 amide bonds. The Bertz CT molecular complexity index is 435. The van der Waals surface area contributed by atoms with Gasteiger partial charge in [0.25, 0.3) is 0 Å². The number of rotatable bonds is 1. The smallest absolute Gasteiger partial charge is 0.240 e. The van der Waals surface area contributed by atoms with Crippen molar-refractivity contribution in [3.8, 4) is 6.07 Å². The topological polar surface area (TPSA) is 44.1 Å². The van der Waals surface area contributed by atoms with Crippen LogP contribution in [0, 0.1) is 11.3 Å². The number of alkyl halides is 1. The Morgan fingerprint density at radius 2 is 2.06 bits per heavy atom. The van der Waals surface area contributed by atoms with Gasteiger partial charge in [-0.1, -0.05) is 15.9 Å². The number of piperidine rings is 1. The van der Waals surface area contributed by atoms with Crippen molar-refractivity contribution in [2.24, 2.45) is 0 Å². The monoisotopic (exact) mass is 278 g/mol. The number of halogens is 1. The standard InChI is InChI=1S/C12H11BrN2O/c13-11-2-1-7-15(12(11)16)10-5-3-9(8-14)4-6-10/h3-6,11H,1-2,7H2. The van der Waals surface area contributed by atoms with Crippen LogP contribution in [-0.2, 0) is 4.79 Å². The van der Waals surface area contributed by atoms with E-state index in [1.807, 2.05) is 12.1 Å². The summed E-state index contributed by atoms with van der Waals surface area (Å²) in [5.74, 6) is 0.107. The lowest BCUT2D eigenvalue weighted by molar-refractivity contribution is -0.118. The fourth-order valence-electron chi connectivity index (χ4n) is 1.80. The fourth-order valence-corrected chi connectivity index (χ4v) is 2.37. The molecular formula is C12H11BrN2O. The zero-order valence-electron chi connectivity index (χ0n) is 8.69. The van der Waals surface area contributed by atoms with Gasteiger partial charge >= 0.3 is 0 Å². The Kier molecular flexibility index (Phi) is 3.25. The number of benzene rings is 1. The number of anilines is 1. The van der Waals surface area contributed by atoms with Crippen LogP contribution in [0.5, 0.6) is 0 Å². The molecule has 1 aromatic carbocycles. The second-order valence-electron chi connectivity index (χ2n) is 3.76. The summed E-state index contributed by atoms with van der Waals surface area (Å²) >= 11 is 3.38. The van der Waals surface area contributed by atoms with Gasteiger partial charge in [0, 0.05) is 12.2 Å². The third-order valence-corrected chi connectivity index (χ3v) is 3.53. The van der Waals surface area contributed by atoms with Crippen molar-refractivity contribution in [2.45, 2.75) is 17.7 Å². The number of hydrogen-bond acceptors (Lipinski definition) is 2. The van der Waals surface area contributed by atoms with Gasteiger partial charge < -0.3 is 4.90 Å². The van der Waals surface area contributed by atoms with Gasteiger partial charge in [-0.05, 0) is 37.1 Å². The van der Waals surface area contributed by atoms with E-state index in [0.29, 0.717) is 5.56 Å². The van der Waals surface area contributed by atoms with Gasteiger partial charge in [0.1, 0.15) is 0 Å². The van der Waals surface area contributed by atoms with Crippen molar-refractivity contribution in [3.05, 3.63) is 29.8 Å². The second-order valence-corrected chi connectivity index (χ2v) is 4.86. The van der Waals surface area contributed by atoms with Crippen molar-refractivity contribution in [2.75, 3.05) is 11.4 Å². The molecule has 0 radical (unpaired) electrons. The lowest BCUT2D eigenvalue weighted by Crippen LogP contribution is -2.41. The molecule has 0 spiro atoms. The first kappa shape index (κ1) is 11.2. The van der Waals surface area contributed by atoms with Gasteiger partial charge in [-0.15, -0.1) is 0 Å². The highest BCUT2D eigenvalue weighted by atomic mass is 79.9. The van der Waals surface area contributed by atoms with E-state index in [-0.39, 0.29) is 10.7 Å². The molecule has 2 rings (SSSR count). The summed E-state index contributed by atoms with van der Waals surface area (Å²) in [5, 5.41) is 8.69. The maximum atomic E-state index is 11.9. The molecule has 4 heteroatoms. The molecule has 0 bridgehead atoms. The highest BCUT2D eigenvalue weighted by Crippen LogP contribution is 2.24. The molecule has 1 atom stereocenters. The minimum atomic E-state index is -0.0723. The highest BCUT2D eigenvalue weighted by Gasteiger charge is 2.27. The molecular weight excluding hydrogens is 268 g/mol. The molecule has 1 heterocycles. The van der Waals surface area contributed by atoms with Crippen molar-refractivity contribution in [1.29, 1.82) is 5.26 Å². The molecule has 82 valence electrons. The molecule has 0 N–H and O–H groups in total. The molecule has 1 aliphatic rings. The van der Waals surface area contributed by atoms with E-state index in [0.717, 1.165) is 25.1 Å². The van der Waals surface area contributed by atoms with E-state index in [2.05, 4.69) is 22.0 Å². The molecule has 0 aliphatic carbocycles. The maximum absolute atomic E-state index is 11.9. The van der Waals surface area contributed by atoms with Crippen LogP contribution in [0.15, 0.2) is 24.3 Å². The third-order valence-electron chi connectivity index (χ3n) is 2.68. The Morgan fingerprint density at radius 1 is 1.38 bits per heavy atom. The van der Waals surface area contributed by atoms with Crippen LogP contribution >= 0.6 is 15.9 Å². The highest BCUT2D eigenvalue weighted by molar-refractivity contribution is 9.10. The molecule has 1 unspecified atom stereocenters. The van der Waals surface area contributed by atoms with E-state index >= 15 is 0 Å². The summed E-state index contributed by atoms with van der Waals surface area (Å²) in [6.07, 6.45) is 1.90. The van der Waals surface area contributed by atoms with Crippen molar-refractivity contribution in [1.82, 2.24) is 0 Å². The first-order valence-corrected chi connectivity index (χ1v) is 6.09. The summed E-state index contributed by atoms with van der Waals surface area (Å²) in [4.78, 5) is 13.6. The first-order chi connectivity index (χ1) is 7.72. The van der Waals surface area contributed by atoms with Crippen LogP contribution in [0.2, 0.25) is 0 Å². The van der Waals surface area contributed by atoms with Gasteiger partial charge in [0.2, 0.25) is 5.91 Å². The van der Waals surface area contributed by atoms with Crippen molar-refractivity contribution >= 4 is 27.5 Å². The molecule has 1 aliphatic heterocycles. The number of carbonyl (C=O) groups is 1. The zero-order chi connectivity index (χ0) is 11.5. The molecule has 1 aromatic rings. The number of amides is 1. The van der Waals surface area contributed by atoms with Gasteiger partial charge in [0.15, 0.2) is 0 Å². The number of nitriles is 1. The normalized spacial score (nSPS) is 20.6. The summed E-state index contributed by atoms with van der Waals surface area (Å²) in [7, 11) is 0. The van der Waals surface area contributed by atoms with Crippen LogP contribution in [0.25, 0.3) is 0 Å². The summed E-state index contributed by atoms with van der Waals surface area (Å²) in [5.41, 5.74) is 1.48. The Labute approximate surface area is 103 Å². The molecule has 0 aromatic heterocycles. The molecule has 16 heavy (non-hydrogen) atoms. The van der Waals surface area contributed by atoms with E-state index in [9.17, 15) is 4.79 Å². The SMILES string of the molecule is N#Cc1ccc(N2CCCC(Br)C2=O)cc1. The van der Waals surface area contributed by atoms with E-state index < -0.39 is 0 Å². The predicted molar refractivity (Wildman–Crippen MR) is 65.5 cm³/mol. The lowest BCUT2D eigenvalue weighted by Gasteiger charge is -2.29. The second kappa shape index (κ2) is 4.67. The van der Waals surface area contributed by atoms with Crippen LogP contribution in [0.1, 0.15) is 18.4 Å². The minimum Gasteiger partial charge on any atom is -0.311 e. The van der Waals surface area contributed by atoms with Gasteiger partial charge in [-0.3, -0.25) is 4.79 Å². The number of nitrogens with zero attached hydrogens (tertiary/aromatic N) is 2. The third kappa shape index (κ3) is 2.10. The molecule has 3 nitrogen and oxygen atoms in total. The van der Waals surface area contributed by atoms with E-state index in [4.69, 9.17) is 5.26 Å². The Morgan fingerprint density at radius 3 is 2.69 bits per heavy atom. The number of carbonyl (C=O) groups excluding carboxylic acids is 1. The Balaban J connectivity index is 2.23.